The van der Waals surface area contributed by atoms with Gasteiger partial charge in [-0.1, -0.05) is 48.2 Å². The van der Waals surface area contributed by atoms with Crippen molar-refractivity contribution in [3.63, 3.8) is 0 Å². The molecule has 0 saturated carbocycles. The van der Waals surface area contributed by atoms with Gasteiger partial charge in [0.05, 0.1) is 6.54 Å². The molecule has 0 aliphatic carbocycles. The molecule has 1 amide bonds. The summed E-state index contributed by atoms with van der Waals surface area (Å²) in [6, 6.07) is 17.8. The number of rotatable bonds is 6. The van der Waals surface area contributed by atoms with E-state index in [1.54, 1.807) is 0 Å². The third-order valence-corrected chi connectivity index (χ3v) is 3.10. The van der Waals surface area contributed by atoms with Gasteiger partial charge in [-0.2, -0.15) is 0 Å². The molecule has 0 fully saturated rings. The molecule has 2 aromatic rings. The van der Waals surface area contributed by atoms with Gasteiger partial charge in [-0.25, -0.2) is 4.79 Å². The van der Waals surface area contributed by atoms with Gasteiger partial charge in [0.25, 0.3) is 0 Å². The van der Waals surface area contributed by atoms with Crippen LogP contribution >= 0.6 is 0 Å². The van der Waals surface area contributed by atoms with Crippen LogP contribution in [0.4, 0.5) is 4.79 Å². The molecule has 0 unspecified atom stereocenters. The molecule has 4 nitrogen and oxygen atoms in total. The van der Waals surface area contributed by atoms with E-state index in [4.69, 9.17) is 9.84 Å². The second-order valence-electron chi connectivity index (χ2n) is 4.90. The minimum atomic E-state index is -1.05. The van der Waals surface area contributed by atoms with E-state index in [9.17, 15) is 4.79 Å². The molecular weight excluding hydrogens is 290 g/mol. The SMILES string of the molecule is O=C(O)NCCOc1cccc(C#CCCc2ccccc2)c1. The summed E-state index contributed by atoms with van der Waals surface area (Å²) in [5.41, 5.74) is 2.17. The topological polar surface area (TPSA) is 58.6 Å². The highest BCUT2D eigenvalue weighted by Crippen LogP contribution is 2.12. The summed E-state index contributed by atoms with van der Waals surface area (Å²) < 4.78 is 5.48. The van der Waals surface area contributed by atoms with Crippen LogP contribution in [0.2, 0.25) is 0 Å². The Morgan fingerprint density at radius 1 is 1.13 bits per heavy atom. The third kappa shape index (κ3) is 6.58. The van der Waals surface area contributed by atoms with Gasteiger partial charge in [0.15, 0.2) is 0 Å². The number of ether oxygens (including phenoxy) is 1. The molecule has 2 N–H and O–H groups in total. The zero-order valence-corrected chi connectivity index (χ0v) is 12.8. The van der Waals surface area contributed by atoms with Gasteiger partial charge in [0.2, 0.25) is 0 Å². The van der Waals surface area contributed by atoms with E-state index >= 15 is 0 Å². The van der Waals surface area contributed by atoms with Gasteiger partial charge >= 0.3 is 6.09 Å². The summed E-state index contributed by atoms with van der Waals surface area (Å²) in [6.45, 7) is 0.541. The van der Waals surface area contributed by atoms with Crippen molar-refractivity contribution < 1.29 is 14.6 Å². The van der Waals surface area contributed by atoms with Gasteiger partial charge in [0, 0.05) is 12.0 Å². The molecule has 23 heavy (non-hydrogen) atoms. The van der Waals surface area contributed by atoms with Crippen molar-refractivity contribution in [1.82, 2.24) is 5.32 Å². The lowest BCUT2D eigenvalue weighted by Crippen LogP contribution is -2.26. The van der Waals surface area contributed by atoms with Crippen molar-refractivity contribution in [1.29, 1.82) is 0 Å². The fourth-order valence-electron chi connectivity index (χ4n) is 2.01. The number of benzene rings is 2. The molecule has 0 aliphatic heterocycles. The van der Waals surface area contributed by atoms with Crippen molar-refractivity contribution >= 4 is 6.09 Å². The molecule has 0 saturated heterocycles. The van der Waals surface area contributed by atoms with Crippen LogP contribution in [0.5, 0.6) is 5.75 Å². The van der Waals surface area contributed by atoms with Crippen molar-refractivity contribution in [3.05, 3.63) is 65.7 Å². The fraction of sp³-hybridized carbons (Fsp3) is 0.211. The monoisotopic (exact) mass is 309 g/mol. The van der Waals surface area contributed by atoms with E-state index in [1.807, 2.05) is 42.5 Å². The number of hydrogen-bond acceptors (Lipinski definition) is 2. The number of carboxylic acid groups (broad SMARTS) is 1. The minimum Gasteiger partial charge on any atom is -0.492 e. The molecule has 0 bridgehead atoms. The molecular formula is C19H19NO3. The number of nitrogens with one attached hydrogen (secondary N) is 1. The molecule has 0 atom stereocenters. The Morgan fingerprint density at radius 2 is 1.96 bits per heavy atom. The normalized spacial score (nSPS) is 9.57. The summed E-state index contributed by atoms with van der Waals surface area (Å²) >= 11 is 0. The summed E-state index contributed by atoms with van der Waals surface area (Å²) in [4.78, 5) is 10.3. The quantitative estimate of drug-likeness (QED) is 0.636. The van der Waals surface area contributed by atoms with Crippen LogP contribution in [0.15, 0.2) is 54.6 Å². The average molecular weight is 309 g/mol. The maximum absolute atomic E-state index is 10.3. The van der Waals surface area contributed by atoms with Crippen molar-refractivity contribution in [2.45, 2.75) is 12.8 Å². The molecule has 2 aromatic carbocycles. The molecule has 0 spiro atoms. The number of carbonyl (C=O) groups is 1. The number of amides is 1. The second kappa shape index (κ2) is 9.16. The van der Waals surface area contributed by atoms with Gasteiger partial charge < -0.3 is 15.2 Å². The number of aryl methyl sites for hydroxylation is 1. The zero-order chi connectivity index (χ0) is 16.3. The highest BCUT2D eigenvalue weighted by molar-refractivity contribution is 5.64. The Kier molecular flexibility index (Phi) is 6.55. The molecule has 4 heteroatoms. The third-order valence-electron chi connectivity index (χ3n) is 3.10. The molecule has 0 heterocycles. The maximum Gasteiger partial charge on any atom is 0.404 e. The first kappa shape index (κ1) is 16.4. The Bertz CT molecular complexity index is 687. The zero-order valence-electron chi connectivity index (χ0n) is 12.8. The molecule has 2 rings (SSSR count). The van der Waals surface area contributed by atoms with Gasteiger partial charge in [-0.15, -0.1) is 0 Å². The standard InChI is InChI=1S/C19H19NO3/c21-19(22)20-13-14-23-18-12-6-11-17(15-18)10-5-4-9-16-7-2-1-3-8-16/h1-3,6-8,11-12,15,20H,4,9,13-14H2,(H,21,22). The fourth-order valence-corrected chi connectivity index (χ4v) is 2.01. The first-order valence-electron chi connectivity index (χ1n) is 7.46. The predicted molar refractivity (Wildman–Crippen MR) is 89.6 cm³/mol. The molecule has 0 aromatic heterocycles. The molecule has 0 aliphatic rings. The largest absolute Gasteiger partial charge is 0.492 e. The van der Waals surface area contributed by atoms with E-state index < -0.39 is 6.09 Å². The smallest absolute Gasteiger partial charge is 0.404 e. The lowest BCUT2D eigenvalue weighted by atomic mass is 10.1. The molecule has 0 radical (unpaired) electrons. The van der Waals surface area contributed by atoms with Gasteiger partial charge in [0.1, 0.15) is 12.4 Å². The van der Waals surface area contributed by atoms with E-state index in [0.29, 0.717) is 5.75 Å². The van der Waals surface area contributed by atoms with Gasteiger partial charge in [-0.05, 0) is 30.2 Å². The van der Waals surface area contributed by atoms with Crippen molar-refractivity contribution in [2.24, 2.45) is 0 Å². The van der Waals surface area contributed by atoms with Gasteiger partial charge in [-0.3, -0.25) is 0 Å². The Labute approximate surface area is 136 Å². The van der Waals surface area contributed by atoms with Crippen LogP contribution in [-0.2, 0) is 6.42 Å². The maximum atomic E-state index is 10.3. The highest BCUT2D eigenvalue weighted by atomic mass is 16.5. The van der Waals surface area contributed by atoms with Crippen molar-refractivity contribution in [3.8, 4) is 17.6 Å². The lowest BCUT2D eigenvalue weighted by molar-refractivity contribution is 0.191. The van der Waals surface area contributed by atoms with E-state index in [-0.39, 0.29) is 13.2 Å². The van der Waals surface area contributed by atoms with Crippen LogP contribution in [0.1, 0.15) is 17.5 Å². The van der Waals surface area contributed by atoms with Crippen LogP contribution in [0, 0.1) is 11.8 Å². The highest BCUT2D eigenvalue weighted by Gasteiger charge is 1.97. The van der Waals surface area contributed by atoms with Crippen LogP contribution in [0.25, 0.3) is 0 Å². The summed E-state index contributed by atoms with van der Waals surface area (Å²) in [7, 11) is 0. The first-order valence-corrected chi connectivity index (χ1v) is 7.46. The predicted octanol–water partition coefficient (Wildman–Crippen LogP) is 3.32. The summed E-state index contributed by atoms with van der Waals surface area (Å²) in [5, 5.41) is 10.7. The van der Waals surface area contributed by atoms with E-state index in [0.717, 1.165) is 18.4 Å². The summed E-state index contributed by atoms with van der Waals surface area (Å²) in [5.74, 6) is 6.98. The Hall–Kier alpha value is -2.93. The van der Waals surface area contributed by atoms with Crippen LogP contribution in [0.3, 0.4) is 0 Å². The minimum absolute atomic E-state index is 0.252. The average Bonchev–Trinajstić information content (AvgIpc) is 2.57. The lowest BCUT2D eigenvalue weighted by Gasteiger charge is -2.06. The second-order valence-corrected chi connectivity index (χ2v) is 4.90. The van der Waals surface area contributed by atoms with Crippen molar-refractivity contribution in [2.75, 3.05) is 13.2 Å². The number of hydrogen-bond donors (Lipinski definition) is 2. The van der Waals surface area contributed by atoms with Crippen LogP contribution in [-0.4, -0.2) is 24.4 Å². The summed E-state index contributed by atoms with van der Waals surface area (Å²) in [6.07, 6.45) is 0.689. The van der Waals surface area contributed by atoms with E-state index in [2.05, 4.69) is 29.3 Å². The first-order chi connectivity index (χ1) is 11.2. The Morgan fingerprint density at radius 3 is 2.74 bits per heavy atom. The van der Waals surface area contributed by atoms with Crippen LogP contribution < -0.4 is 10.1 Å². The molecule has 118 valence electrons. The van der Waals surface area contributed by atoms with E-state index in [1.165, 1.54) is 5.56 Å². The Balaban J connectivity index is 1.80.